The van der Waals surface area contributed by atoms with Gasteiger partial charge in [0.1, 0.15) is 11.0 Å². The maximum absolute atomic E-state index is 10.9. The van der Waals surface area contributed by atoms with Crippen molar-refractivity contribution in [1.29, 1.82) is 5.26 Å². The topological polar surface area (TPSA) is 95.6 Å². The molecule has 0 spiro atoms. The number of H-pyrrole nitrogens is 1. The van der Waals surface area contributed by atoms with Crippen LogP contribution in [0.5, 0.6) is 0 Å². The molecule has 1 rings (SSSR count). The molecule has 0 saturated heterocycles. The molecular weight excluding hydrogens is 164 g/mol. The van der Waals surface area contributed by atoms with E-state index in [2.05, 4.69) is 10.2 Å². The molecule has 0 aromatic carbocycles. The van der Waals surface area contributed by atoms with Crippen LogP contribution in [0, 0.1) is 11.3 Å². The van der Waals surface area contributed by atoms with Gasteiger partial charge in [0.25, 0.3) is 0 Å². The van der Waals surface area contributed by atoms with Crippen molar-refractivity contribution in [3.05, 3.63) is 5.69 Å². The fourth-order valence-corrected chi connectivity index (χ4v) is 1.43. The van der Waals surface area contributed by atoms with E-state index >= 15 is 0 Å². The van der Waals surface area contributed by atoms with Crippen LogP contribution in [0.2, 0.25) is 0 Å². The van der Waals surface area contributed by atoms with Crippen LogP contribution in [-0.2, 0) is 10.8 Å². The van der Waals surface area contributed by atoms with Crippen LogP contribution in [-0.4, -0.2) is 20.7 Å². The molecule has 0 amide bonds. The Hall–Kier alpha value is -1.35. The van der Waals surface area contributed by atoms with Gasteiger partial charge in [-0.2, -0.15) is 10.4 Å². The van der Waals surface area contributed by atoms with E-state index in [1.807, 2.05) is 0 Å². The molecule has 58 valence electrons. The summed E-state index contributed by atoms with van der Waals surface area (Å²) in [5.74, 6) is 0.127. The largest absolute Gasteiger partial charge is 0.381 e. The first kappa shape index (κ1) is 7.75. The zero-order valence-electron chi connectivity index (χ0n) is 5.79. The van der Waals surface area contributed by atoms with E-state index in [1.165, 1.54) is 6.26 Å². The van der Waals surface area contributed by atoms with E-state index < -0.39 is 10.8 Å². The summed E-state index contributed by atoms with van der Waals surface area (Å²) in [4.78, 5) is 0.285. The van der Waals surface area contributed by atoms with Gasteiger partial charge in [-0.15, -0.1) is 0 Å². The van der Waals surface area contributed by atoms with Gasteiger partial charge in [0.15, 0.2) is 11.5 Å². The number of hydrogen-bond donors (Lipinski definition) is 2. The molecule has 0 aliphatic rings. The highest BCUT2D eigenvalue weighted by molar-refractivity contribution is 7.84. The predicted octanol–water partition coefficient (Wildman–Crippen LogP) is -0.399. The van der Waals surface area contributed by atoms with Gasteiger partial charge < -0.3 is 5.73 Å². The number of aromatic amines is 1. The molecule has 11 heavy (non-hydrogen) atoms. The summed E-state index contributed by atoms with van der Waals surface area (Å²) in [5.41, 5.74) is 5.50. The van der Waals surface area contributed by atoms with E-state index in [0.29, 0.717) is 0 Å². The molecule has 1 heterocycles. The van der Waals surface area contributed by atoms with E-state index in [1.54, 1.807) is 6.07 Å². The monoisotopic (exact) mass is 170 g/mol. The second-order valence-corrected chi connectivity index (χ2v) is 3.20. The molecule has 0 saturated carbocycles. The molecule has 0 bridgehead atoms. The molecule has 0 fully saturated rings. The minimum absolute atomic E-state index is 0.127. The first-order valence-corrected chi connectivity index (χ1v) is 4.30. The van der Waals surface area contributed by atoms with Gasteiger partial charge in [-0.05, 0) is 0 Å². The summed E-state index contributed by atoms with van der Waals surface area (Å²) < 4.78 is 10.9. The Kier molecular flexibility index (Phi) is 1.92. The van der Waals surface area contributed by atoms with Crippen LogP contribution >= 0.6 is 0 Å². The zero-order valence-corrected chi connectivity index (χ0v) is 6.60. The van der Waals surface area contributed by atoms with Crippen molar-refractivity contribution in [2.75, 3.05) is 12.0 Å². The molecule has 5 nitrogen and oxygen atoms in total. The van der Waals surface area contributed by atoms with Crippen molar-refractivity contribution in [3.8, 4) is 6.07 Å². The molecule has 1 atom stereocenters. The van der Waals surface area contributed by atoms with E-state index in [9.17, 15) is 4.21 Å². The van der Waals surface area contributed by atoms with Crippen LogP contribution in [0.1, 0.15) is 5.69 Å². The van der Waals surface area contributed by atoms with Gasteiger partial charge in [-0.3, -0.25) is 9.31 Å². The van der Waals surface area contributed by atoms with Crippen LogP contribution in [0.4, 0.5) is 5.82 Å². The molecular formula is C5H6N4OS. The molecule has 6 heteroatoms. The third kappa shape index (κ3) is 1.23. The van der Waals surface area contributed by atoms with Crippen molar-refractivity contribution >= 4 is 16.6 Å². The summed E-state index contributed by atoms with van der Waals surface area (Å²) in [6, 6.07) is 1.81. The fourth-order valence-electron chi connectivity index (χ4n) is 0.713. The van der Waals surface area contributed by atoms with Crippen molar-refractivity contribution in [2.45, 2.75) is 4.90 Å². The fraction of sp³-hybridized carbons (Fsp3) is 0.200. The predicted molar refractivity (Wildman–Crippen MR) is 40.0 cm³/mol. The zero-order chi connectivity index (χ0) is 8.43. The number of nitrogens with two attached hydrogens (primary N) is 1. The summed E-state index contributed by atoms with van der Waals surface area (Å²) in [5, 5.41) is 14.4. The lowest BCUT2D eigenvalue weighted by Gasteiger charge is -1.90. The molecule has 0 radical (unpaired) electrons. The molecule has 0 aliphatic carbocycles. The van der Waals surface area contributed by atoms with Crippen molar-refractivity contribution in [1.82, 2.24) is 10.2 Å². The van der Waals surface area contributed by atoms with Crippen molar-refractivity contribution < 1.29 is 4.21 Å². The van der Waals surface area contributed by atoms with E-state index in [0.717, 1.165) is 0 Å². The summed E-state index contributed by atoms with van der Waals surface area (Å²) in [6.07, 6.45) is 1.45. The maximum atomic E-state index is 10.9. The highest BCUT2D eigenvalue weighted by Gasteiger charge is 2.12. The quantitative estimate of drug-likeness (QED) is 0.599. The van der Waals surface area contributed by atoms with Gasteiger partial charge in [-0.1, -0.05) is 0 Å². The Morgan fingerprint density at radius 1 is 1.82 bits per heavy atom. The number of nitrogens with zero attached hydrogens (tertiary/aromatic N) is 2. The molecule has 1 aromatic rings. The normalized spacial score (nSPS) is 12.4. The lowest BCUT2D eigenvalue weighted by Crippen LogP contribution is -1.94. The van der Waals surface area contributed by atoms with Crippen LogP contribution in [0.15, 0.2) is 4.90 Å². The highest BCUT2D eigenvalue weighted by atomic mass is 32.2. The summed E-state index contributed by atoms with van der Waals surface area (Å²) in [7, 11) is -1.26. The summed E-state index contributed by atoms with van der Waals surface area (Å²) in [6.45, 7) is 0. The number of nitrogens with one attached hydrogen (secondary N) is 1. The smallest absolute Gasteiger partial charge is 0.162 e. The minimum Gasteiger partial charge on any atom is -0.381 e. The lowest BCUT2D eigenvalue weighted by atomic mass is 10.5. The van der Waals surface area contributed by atoms with Gasteiger partial charge in [-0.25, -0.2) is 0 Å². The lowest BCUT2D eigenvalue weighted by molar-refractivity contribution is 0.687. The van der Waals surface area contributed by atoms with Crippen molar-refractivity contribution in [3.63, 3.8) is 0 Å². The first-order valence-electron chi connectivity index (χ1n) is 2.74. The van der Waals surface area contributed by atoms with Crippen LogP contribution in [0.25, 0.3) is 0 Å². The molecule has 1 unspecified atom stereocenters. The van der Waals surface area contributed by atoms with E-state index in [4.69, 9.17) is 11.0 Å². The maximum Gasteiger partial charge on any atom is 0.162 e. The average Bonchev–Trinajstić information content (AvgIpc) is 2.30. The highest BCUT2D eigenvalue weighted by Crippen LogP contribution is 2.15. The Morgan fingerprint density at radius 3 is 2.82 bits per heavy atom. The second-order valence-electron chi connectivity index (χ2n) is 1.88. The van der Waals surface area contributed by atoms with Gasteiger partial charge in [0.2, 0.25) is 0 Å². The average molecular weight is 170 g/mol. The van der Waals surface area contributed by atoms with Crippen LogP contribution in [0.3, 0.4) is 0 Å². The molecule has 3 N–H and O–H groups in total. The van der Waals surface area contributed by atoms with E-state index in [-0.39, 0.29) is 16.4 Å². The molecule has 0 aliphatic heterocycles. The van der Waals surface area contributed by atoms with Gasteiger partial charge in [0, 0.05) is 6.26 Å². The standard InChI is InChI=1S/C5H6N4OS/c1-11(10)4-3(2-6)8-9-5(4)7/h1H3,(H3,7,8,9). The Labute approximate surface area is 65.7 Å². The SMILES string of the molecule is CS(=O)c1c(N)n[nH]c1C#N. The Bertz CT molecular complexity index is 337. The van der Waals surface area contributed by atoms with Crippen LogP contribution < -0.4 is 5.73 Å². The molecule has 1 aromatic heterocycles. The second kappa shape index (κ2) is 2.72. The Morgan fingerprint density at radius 2 is 2.45 bits per heavy atom. The third-order valence-corrected chi connectivity index (χ3v) is 2.14. The number of aromatic nitrogens is 2. The minimum atomic E-state index is -1.26. The van der Waals surface area contributed by atoms with Crippen molar-refractivity contribution in [2.24, 2.45) is 0 Å². The Balaban J connectivity index is 3.32. The third-order valence-electron chi connectivity index (χ3n) is 1.15. The summed E-state index contributed by atoms with van der Waals surface area (Å²) >= 11 is 0. The van der Waals surface area contributed by atoms with Gasteiger partial charge >= 0.3 is 0 Å². The number of anilines is 1. The first-order chi connectivity index (χ1) is 5.16. The number of nitriles is 1. The van der Waals surface area contributed by atoms with Gasteiger partial charge in [0.05, 0.1) is 10.8 Å². The number of nitrogen functional groups attached to an aromatic ring is 1. The number of hydrogen-bond acceptors (Lipinski definition) is 4. The number of rotatable bonds is 1.